The zero-order valence-electron chi connectivity index (χ0n) is 9.79. The molecule has 0 aromatic heterocycles. The van der Waals surface area contributed by atoms with E-state index >= 15 is 0 Å². The lowest BCUT2D eigenvalue weighted by Gasteiger charge is -2.28. The van der Waals surface area contributed by atoms with Gasteiger partial charge in [0.25, 0.3) is 0 Å². The molecule has 1 heterocycles. The van der Waals surface area contributed by atoms with Gasteiger partial charge in [0.05, 0.1) is 0 Å². The molecule has 1 aliphatic rings. The van der Waals surface area contributed by atoms with Crippen molar-refractivity contribution >= 4 is 0 Å². The van der Waals surface area contributed by atoms with Crippen LogP contribution in [0.5, 0.6) is 0 Å². The monoisotopic (exact) mass is 203 g/mol. The second-order valence-corrected chi connectivity index (χ2v) is 4.80. The molecule has 0 saturated heterocycles. The first-order valence-electron chi connectivity index (χ1n) is 6.09. The van der Waals surface area contributed by atoms with Gasteiger partial charge in [-0.2, -0.15) is 0 Å². The fourth-order valence-electron chi connectivity index (χ4n) is 2.34. The Kier molecular flexibility index (Phi) is 3.42. The highest BCUT2D eigenvalue weighted by Gasteiger charge is 2.18. The van der Waals surface area contributed by atoms with E-state index in [1.807, 2.05) is 0 Å². The molecule has 1 aromatic carbocycles. The Morgan fingerprint density at radius 1 is 1.33 bits per heavy atom. The Hall–Kier alpha value is -0.820. The third-order valence-electron chi connectivity index (χ3n) is 3.55. The lowest BCUT2D eigenvalue weighted by atomic mass is 9.90. The molecule has 0 spiro atoms. The largest absolute Gasteiger partial charge is 0.310 e. The normalized spacial score (nSPS) is 22.1. The van der Waals surface area contributed by atoms with Crippen LogP contribution < -0.4 is 5.32 Å². The fourth-order valence-corrected chi connectivity index (χ4v) is 2.34. The van der Waals surface area contributed by atoms with Gasteiger partial charge in [-0.05, 0) is 29.9 Å². The van der Waals surface area contributed by atoms with Crippen LogP contribution in [0.4, 0.5) is 0 Å². The van der Waals surface area contributed by atoms with Crippen LogP contribution in [0, 0.1) is 5.92 Å². The number of fused-ring (bicyclic) bond motifs is 1. The molecule has 1 nitrogen and oxygen atoms in total. The average Bonchev–Trinajstić information content (AvgIpc) is 2.29. The van der Waals surface area contributed by atoms with Gasteiger partial charge < -0.3 is 5.32 Å². The summed E-state index contributed by atoms with van der Waals surface area (Å²) in [7, 11) is 0. The van der Waals surface area contributed by atoms with E-state index in [9.17, 15) is 0 Å². The smallest absolute Gasteiger partial charge is 0.0210 e. The van der Waals surface area contributed by atoms with E-state index in [1.54, 1.807) is 5.56 Å². The molecule has 15 heavy (non-hydrogen) atoms. The first kappa shape index (κ1) is 10.7. The van der Waals surface area contributed by atoms with Gasteiger partial charge in [0.1, 0.15) is 0 Å². The maximum atomic E-state index is 3.64. The summed E-state index contributed by atoms with van der Waals surface area (Å²) in [5.74, 6) is 0.841. The minimum atomic E-state index is 0.690. The van der Waals surface area contributed by atoms with Crippen LogP contribution in [-0.4, -0.2) is 6.04 Å². The summed E-state index contributed by atoms with van der Waals surface area (Å²) in [4.78, 5) is 0. The molecule has 0 aliphatic carbocycles. The van der Waals surface area contributed by atoms with Crippen molar-refractivity contribution in [3.8, 4) is 0 Å². The zero-order valence-corrected chi connectivity index (χ0v) is 9.79. The van der Waals surface area contributed by atoms with Crippen LogP contribution in [0.2, 0.25) is 0 Å². The SMILES string of the molecule is CCC(C)CC1Cc2ccccc2CN1. The molecule has 2 unspecified atom stereocenters. The topological polar surface area (TPSA) is 12.0 Å². The van der Waals surface area contributed by atoms with Crippen LogP contribution in [0.25, 0.3) is 0 Å². The van der Waals surface area contributed by atoms with Gasteiger partial charge >= 0.3 is 0 Å². The molecule has 0 radical (unpaired) electrons. The zero-order chi connectivity index (χ0) is 10.7. The lowest BCUT2D eigenvalue weighted by molar-refractivity contribution is 0.376. The Morgan fingerprint density at radius 2 is 2.07 bits per heavy atom. The molecule has 0 amide bonds. The fraction of sp³-hybridized carbons (Fsp3) is 0.571. The minimum Gasteiger partial charge on any atom is -0.310 e. The molecule has 1 aliphatic heterocycles. The van der Waals surface area contributed by atoms with Gasteiger partial charge in [-0.25, -0.2) is 0 Å². The highest BCUT2D eigenvalue weighted by Crippen LogP contribution is 2.20. The van der Waals surface area contributed by atoms with Crippen molar-refractivity contribution in [3.05, 3.63) is 35.4 Å². The Balaban J connectivity index is 1.99. The summed E-state index contributed by atoms with van der Waals surface area (Å²) in [6.45, 7) is 5.68. The summed E-state index contributed by atoms with van der Waals surface area (Å²) in [6, 6.07) is 9.50. The van der Waals surface area contributed by atoms with E-state index in [1.165, 1.54) is 24.8 Å². The number of benzene rings is 1. The van der Waals surface area contributed by atoms with Gasteiger partial charge in [-0.15, -0.1) is 0 Å². The van der Waals surface area contributed by atoms with Crippen LogP contribution in [0.1, 0.15) is 37.8 Å². The Morgan fingerprint density at radius 3 is 2.80 bits per heavy atom. The quantitative estimate of drug-likeness (QED) is 0.796. The second kappa shape index (κ2) is 4.80. The van der Waals surface area contributed by atoms with Gasteiger partial charge in [-0.1, -0.05) is 44.5 Å². The second-order valence-electron chi connectivity index (χ2n) is 4.80. The Bertz CT molecular complexity index is 319. The summed E-state index contributed by atoms with van der Waals surface area (Å²) in [5, 5.41) is 3.64. The van der Waals surface area contributed by atoms with Crippen molar-refractivity contribution in [2.75, 3.05) is 0 Å². The van der Waals surface area contributed by atoms with Gasteiger partial charge in [0.2, 0.25) is 0 Å². The molecular weight excluding hydrogens is 182 g/mol. The summed E-state index contributed by atoms with van der Waals surface area (Å²) in [5.41, 5.74) is 3.03. The van der Waals surface area contributed by atoms with Gasteiger partial charge in [0, 0.05) is 12.6 Å². The lowest BCUT2D eigenvalue weighted by Crippen LogP contribution is -2.36. The molecular formula is C14H21N. The predicted molar refractivity (Wildman–Crippen MR) is 64.8 cm³/mol. The summed E-state index contributed by atoms with van der Waals surface area (Å²) in [6.07, 6.45) is 3.81. The van der Waals surface area contributed by atoms with Gasteiger partial charge in [0.15, 0.2) is 0 Å². The third-order valence-corrected chi connectivity index (χ3v) is 3.55. The molecule has 1 aromatic rings. The van der Waals surface area contributed by atoms with Crippen molar-refractivity contribution < 1.29 is 0 Å². The highest BCUT2D eigenvalue weighted by molar-refractivity contribution is 5.29. The van der Waals surface area contributed by atoms with Crippen LogP contribution in [0.3, 0.4) is 0 Å². The van der Waals surface area contributed by atoms with Crippen LogP contribution in [0.15, 0.2) is 24.3 Å². The predicted octanol–water partition coefficient (Wildman–Crippen LogP) is 3.14. The molecule has 82 valence electrons. The number of hydrogen-bond acceptors (Lipinski definition) is 1. The van der Waals surface area contributed by atoms with E-state index in [0.717, 1.165) is 12.5 Å². The van der Waals surface area contributed by atoms with Gasteiger partial charge in [-0.3, -0.25) is 0 Å². The molecule has 1 heteroatoms. The standard InChI is InChI=1S/C14H21N/c1-3-11(2)8-14-9-12-6-4-5-7-13(12)10-15-14/h4-7,11,14-15H,3,8-10H2,1-2H3. The molecule has 2 atom stereocenters. The van der Waals surface area contributed by atoms with E-state index < -0.39 is 0 Å². The van der Waals surface area contributed by atoms with Crippen molar-refractivity contribution in [1.82, 2.24) is 5.32 Å². The average molecular weight is 203 g/mol. The molecule has 0 saturated carbocycles. The van der Waals surface area contributed by atoms with E-state index in [-0.39, 0.29) is 0 Å². The molecule has 0 bridgehead atoms. The molecule has 0 fully saturated rings. The summed E-state index contributed by atoms with van der Waals surface area (Å²) >= 11 is 0. The van der Waals surface area contributed by atoms with Crippen molar-refractivity contribution in [1.29, 1.82) is 0 Å². The van der Waals surface area contributed by atoms with Crippen molar-refractivity contribution in [3.63, 3.8) is 0 Å². The maximum Gasteiger partial charge on any atom is 0.0210 e. The first-order chi connectivity index (χ1) is 7.29. The third kappa shape index (κ3) is 2.60. The van der Waals surface area contributed by atoms with Crippen molar-refractivity contribution in [2.24, 2.45) is 5.92 Å². The summed E-state index contributed by atoms with van der Waals surface area (Å²) < 4.78 is 0. The first-order valence-corrected chi connectivity index (χ1v) is 6.09. The Labute approximate surface area is 92.9 Å². The van der Waals surface area contributed by atoms with Crippen LogP contribution >= 0.6 is 0 Å². The van der Waals surface area contributed by atoms with Crippen molar-refractivity contribution in [2.45, 2.75) is 45.7 Å². The minimum absolute atomic E-state index is 0.690. The van der Waals surface area contributed by atoms with E-state index in [4.69, 9.17) is 0 Å². The number of hydrogen-bond donors (Lipinski definition) is 1. The van der Waals surface area contributed by atoms with Crippen LogP contribution in [-0.2, 0) is 13.0 Å². The van der Waals surface area contributed by atoms with E-state index in [2.05, 4.69) is 43.4 Å². The maximum absolute atomic E-state index is 3.64. The highest BCUT2D eigenvalue weighted by atomic mass is 14.9. The number of nitrogens with one attached hydrogen (secondary N) is 1. The van der Waals surface area contributed by atoms with E-state index in [0.29, 0.717) is 6.04 Å². The molecule has 2 rings (SSSR count). The molecule has 1 N–H and O–H groups in total. The number of rotatable bonds is 3.